The van der Waals surface area contributed by atoms with E-state index in [-0.39, 0.29) is 6.10 Å². The number of hydrogen-bond acceptors (Lipinski definition) is 3. The molecule has 0 spiro atoms. The van der Waals surface area contributed by atoms with Crippen LogP contribution in [0.4, 0.5) is 0 Å². The first-order chi connectivity index (χ1) is 10.1. The summed E-state index contributed by atoms with van der Waals surface area (Å²) >= 11 is 0. The molecule has 3 nitrogen and oxygen atoms in total. The average molecular weight is 284 g/mol. The lowest BCUT2D eigenvalue weighted by molar-refractivity contribution is 0.0649. The van der Waals surface area contributed by atoms with Crippen molar-refractivity contribution in [2.45, 2.75) is 32.5 Å². The van der Waals surface area contributed by atoms with Gasteiger partial charge in [0.15, 0.2) is 0 Å². The number of ether oxygens (including phenoxy) is 2. The topological polar surface area (TPSA) is 38.7 Å². The molecule has 21 heavy (non-hydrogen) atoms. The van der Waals surface area contributed by atoms with E-state index in [0.717, 1.165) is 11.3 Å². The van der Waals surface area contributed by atoms with Gasteiger partial charge in [0.2, 0.25) is 0 Å². The lowest BCUT2D eigenvalue weighted by atomic mass is 9.90. The second-order valence-corrected chi connectivity index (χ2v) is 5.57. The van der Waals surface area contributed by atoms with Gasteiger partial charge in [-0.1, -0.05) is 18.2 Å². The van der Waals surface area contributed by atoms with Gasteiger partial charge in [-0.2, -0.15) is 0 Å². The first-order valence-electron chi connectivity index (χ1n) is 7.19. The molecule has 3 heteroatoms. The molecule has 2 atom stereocenters. The van der Waals surface area contributed by atoms with Crippen LogP contribution >= 0.6 is 0 Å². The zero-order valence-corrected chi connectivity index (χ0v) is 12.6. The summed E-state index contributed by atoms with van der Waals surface area (Å²) in [7, 11) is 1.63. The summed E-state index contributed by atoms with van der Waals surface area (Å²) in [6.45, 7) is 4.17. The first kappa shape index (κ1) is 14.0. The van der Waals surface area contributed by atoms with Gasteiger partial charge >= 0.3 is 0 Å². The van der Waals surface area contributed by atoms with Crippen LogP contribution in [0.25, 0.3) is 0 Å². The summed E-state index contributed by atoms with van der Waals surface area (Å²) in [5, 5.41) is 10.4. The maximum Gasteiger partial charge on any atom is 0.129 e. The first-order valence-corrected chi connectivity index (χ1v) is 7.19. The fourth-order valence-electron chi connectivity index (χ4n) is 3.06. The maximum absolute atomic E-state index is 10.4. The Labute approximate surface area is 125 Å². The quantitative estimate of drug-likeness (QED) is 0.910. The van der Waals surface area contributed by atoms with E-state index >= 15 is 0 Å². The Morgan fingerprint density at radius 1 is 1.14 bits per heavy atom. The Bertz CT molecular complexity index is 643. The summed E-state index contributed by atoms with van der Waals surface area (Å²) in [4.78, 5) is 0. The van der Waals surface area contributed by atoms with Crippen molar-refractivity contribution < 1.29 is 14.6 Å². The molecule has 1 heterocycles. The number of methoxy groups -OCH3 is 1. The smallest absolute Gasteiger partial charge is 0.129 e. The molecule has 0 saturated heterocycles. The van der Waals surface area contributed by atoms with Crippen molar-refractivity contribution in [3.8, 4) is 11.5 Å². The second kappa shape index (κ2) is 5.41. The SMILES string of the molecule is COc1ccc2c(c1)OC(c1c(C)cccc1C)C[C@@H]2O. The molecule has 2 aromatic rings. The van der Waals surface area contributed by atoms with Crippen LogP contribution in [-0.4, -0.2) is 12.2 Å². The van der Waals surface area contributed by atoms with Crippen LogP contribution in [0.3, 0.4) is 0 Å². The Kier molecular flexibility index (Phi) is 3.60. The Morgan fingerprint density at radius 2 is 1.86 bits per heavy atom. The number of hydrogen-bond donors (Lipinski definition) is 1. The van der Waals surface area contributed by atoms with Gasteiger partial charge in [0.05, 0.1) is 13.2 Å². The zero-order valence-electron chi connectivity index (χ0n) is 12.6. The molecule has 1 unspecified atom stereocenters. The lowest BCUT2D eigenvalue weighted by Crippen LogP contribution is -2.20. The van der Waals surface area contributed by atoms with E-state index in [2.05, 4.69) is 26.0 Å². The highest BCUT2D eigenvalue weighted by Gasteiger charge is 2.30. The van der Waals surface area contributed by atoms with Gasteiger partial charge in [-0.25, -0.2) is 0 Å². The molecule has 0 saturated carbocycles. The van der Waals surface area contributed by atoms with Crippen molar-refractivity contribution in [2.75, 3.05) is 7.11 Å². The fourth-order valence-corrected chi connectivity index (χ4v) is 3.06. The molecule has 2 aromatic carbocycles. The maximum atomic E-state index is 10.4. The van der Waals surface area contributed by atoms with Crippen LogP contribution in [0.5, 0.6) is 11.5 Å². The van der Waals surface area contributed by atoms with Crippen molar-refractivity contribution in [3.63, 3.8) is 0 Å². The standard InChI is InChI=1S/C18H20O3/c1-11-5-4-6-12(2)18(11)17-10-15(19)14-8-7-13(20-3)9-16(14)21-17/h4-9,15,17,19H,10H2,1-3H3/t15-,17?/m0/s1. The summed E-state index contributed by atoms with van der Waals surface area (Å²) in [6.07, 6.45) is -0.0603. The molecule has 0 amide bonds. The van der Waals surface area contributed by atoms with Crippen molar-refractivity contribution in [1.29, 1.82) is 0 Å². The Hall–Kier alpha value is -2.00. The Balaban J connectivity index is 2.01. The minimum Gasteiger partial charge on any atom is -0.497 e. The van der Waals surface area contributed by atoms with Gasteiger partial charge in [0.25, 0.3) is 0 Å². The highest BCUT2D eigenvalue weighted by molar-refractivity contribution is 5.45. The third-order valence-corrected chi connectivity index (χ3v) is 4.15. The van der Waals surface area contributed by atoms with E-state index in [0.29, 0.717) is 12.2 Å². The largest absolute Gasteiger partial charge is 0.497 e. The molecule has 3 rings (SSSR count). The number of aliphatic hydroxyl groups excluding tert-OH is 1. The highest BCUT2D eigenvalue weighted by atomic mass is 16.5. The fraction of sp³-hybridized carbons (Fsp3) is 0.333. The molecule has 0 aromatic heterocycles. The van der Waals surface area contributed by atoms with Gasteiger partial charge in [0.1, 0.15) is 17.6 Å². The van der Waals surface area contributed by atoms with E-state index in [1.807, 2.05) is 24.3 Å². The molecular weight excluding hydrogens is 264 g/mol. The molecular formula is C18H20O3. The van der Waals surface area contributed by atoms with Crippen LogP contribution in [0.2, 0.25) is 0 Å². The number of aliphatic hydroxyl groups is 1. The van der Waals surface area contributed by atoms with Crippen molar-refractivity contribution in [3.05, 3.63) is 58.7 Å². The minimum absolute atomic E-state index is 0.124. The van der Waals surface area contributed by atoms with E-state index in [1.54, 1.807) is 7.11 Å². The monoisotopic (exact) mass is 284 g/mol. The molecule has 0 radical (unpaired) electrons. The Morgan fingerprint density at radius 3 is 2.52 bits per heavy atom. The van der Waals surface area contributed by atoms with Crippen molar-refractivity contribution >= 4 is 0 Å². The summed E-state index contributed by atoms with van der Waals surface area (Å²) in [6, 6.07) is 11.8. The number of aryl methyl sites for hydroxylation is 2. The predicted octanol–water partition coefficient (Wildman–Crippen LogP) is 3.87. The summed E-state index contributed by atoms with van der Waals surface area (Å²) < 4.78 is 11.4. The van der Waals surface area contributed by atoms with Crippen LogP contribution in [0.15, 0.2) is 36.4 Å². The molecule has 0 bridgehead atoms. The third-order valence-electron chi connectivity index (χ3n) is 4.15. The molecule has 110 valence electrons. The van der Waals surface area contributed by atoms with Gasteiger partial charge in [-0.3, -0.25) is 0 Å². The average Bonchev–Trinajstić information content (AvgIpc) is 2.46. The van der Waals surface area contributed by atoms with E-state index in [1.165, 1.54) is 16.7 Å². The van der Waals surface area contributed by atoms with Crippen LogP contribution in [0.1, 0.15) is 40.9 Å². The summed E-state index contributed by atoms with van der Waals surface area (Å²) in [5.74, 6) is 1.45. The van der Waals surface area contributed by atoms with Gasteiger partial charge in [-0.15, -0.1) is 0 Å². The summed E-state index contributed by atoms with van der Waals surface area (Å²) in [5.41, 5.74) is 4.39. The molecule has 1 aliphatic heterocycles. The van der Waals surface area contributed by atoms with Gasteiger partial charge in [0, 0.05) is 18.1 Å². The zero-order chi connectivity index (χ0) is 15.0. The van der Waals surface area contributed by atoms with Crippen molar-refractivity contribution in [1.82, 2.24) is 0 Å². The van der Waals surface area contributed by atoms with E-state index in [4.69, 9.17) is 9.47 Å². The molecule has 1 N–H and O–H groups in total. The molecule has 0 fully saturated rings. The molecule has 0 aliphatic carbocycles. The van der Waals surface area contributed by atoms with E-state index < -0.39 is 6.10 Å². The van der Waals surface area contributed by atoms with Gasteiger partial charge in [-0.05, 0) is 42.7 Å². The lowest BCUT2D eigenvalue weighted by Gasteiger charge is -2.31. The second-order valence-electron chi connectivity index (χ2n) is 5.57. The van der Waals surface area contributed by atoms with Gasteiger partial charge < -0.3 is 14.6 Å². The number of fused-ring (bicyclic) bond motifs is 1. The van der Waals surface area contributed by atoms with Crippen molar-refractivity contribution in [2.24, 2.45) is 0 Å². The third kappa shape index (κ3) is 2.49. The van der Waals surface area contributed by atoms with Crippen LogP contribution in [-0.2, 0) is 0 Å². The number of rotatable bonds is 2. The van der Waals surface area contributed by atoms with Crippen LogP contribution in [0, 0.1) is 13.8 Å². The predicted molar refractivity (Wildman–Crippen MR) is 81.9 cm³/mol. The van der Waals surface area contributed by atoms with Crippen LogP contribution < -0.4 is 9.47 Å². The number of benzene rings is 2. The highest BCUT2D eigenvalue weighted by Crippen LogP contribution is 2.43. The minimum atomic E-state index is -0.510. The molecule has 1 aliphatic rings. The normalized spacial score (nSPS) is 20.6. The van der Waals surface area contributed by atoms with E-state index in [9.17, 15) is 5.11 Å².